The number of hydrogen-bond donors (Lipinski definition) is 4. The fourth-order valence-corrected chi connectivity index (χ4v) is 3.37. The molecule has 0 fully saturated rings. The number of nitriles is 1. The lowest BCUT2D eigenvalue weighted by Crippen LogP contribution is -2.37. The molecule has 0 saturated carbocycles. The summed E-state index contributed by atoms with van der Waals surface area (Å²) in [5.74, 6) is -1.45. The SMILES string of the molecule is N#Cc1cccc(-c2ccc3c(c2)C(=CNCc2ccc(O)c(O)c2)C(=O)NC3=O)c1. The molecule has 0 spiro atoms. The molecule has 0 unspecified atom stereocenters. The highest BCUT2D eigenvalue weighted by molar-refractivity contribution is 6.31. The first-order chi connectivity index (χ1) is 15.0. The summed E-state index contributed by atoms with van der Waals surface area (Å²) in [4.78, 5) is 24.8. The monoisotopic (exact) mass is 411 g/mol. The number of phenols is 2. The zero-order valence-electron chi connectivity index (χ0n) is 16.2. The molecular formula is C24H17N3O4. The normalized spacial score (nSPS) is 14.0. The number of aromatic hydroxyl groups is 2. The molecule has 0 radical (unpaired) electrons. The van der Waals surface area contributed by atoms with Crippen LogP contribution in [0.4, 0.5) is 0 Å². The molecule has 7 heteroatoms. The topological polar surface area (TPSA) is 122 Å². The standard InChI is InChI=1S/C24H17N3O4/c25-11-14-2-1-3-16(8-14)17-5-6-18-19(10-17)20(24(31)27-23(18)30)13-26-12-15-4-7-21(28)22(29)9-15/h1-10,13,26,28-29H,12H2,(H,27,30,31). The van der Waals surface area contributed by atoms with Crippen molar-refractivity contribution in [1.29, 1.82) is 5.26 Å². The largest absolute Gasteiger partial charge is 0.504 e. The Kier molecular flexibility index (Phi) is 5.12. The molecule has 7 nitrogen and oxygen atoms in total. The van der Waals surface area contributed by atoms with Crippen molar-refractivity contribution in [3.8, 4) is 28.7 Å². The van der Waals surface area contributed by atoms with Crippen LogP contribution in [0.25, 0.3) is 16.7 Å². The second-order valence-corrected chi connectivity index (χ2v) is 7.00. The van der Waals surface area contributed by atoms with Crippen molar-refractivity contribution in [1.82, 2.24) is 10.6 Å². The Morgan fingerprint density at radius 1 is 0.903 bits per heavy atom. The Morgan fingerprint density at radius 2 is 1.71 bits per heavy atom. The quantitative estimate of drug-likeness (QED) is 0.297. The van der Waals surface area contributed by atoms with Crippen LogP contribution in [0.3, 0.4) is 0 Å². The van der Waals surface area contributed by atoms with Crippen molar-refractivity contribution >= 4 is 17.4 Å². The average molecular weight is 411 g/mol. The summed E-state index contributed by atoms with van der Waals surface area (Å²) in [7, 11) is 0. The van der Waals surface area contributed by atoms with Crippen molar-refractivity contribution in [3.05, 3.63) is 89.1 Å². The van der Waals surface area contributed by atoms with E-state index in [9.17, 15) is 19.8 Å². The van der Waals surface area contributed by atoms with Gasteiger partial charge in [-0.05, 0) is 53.1 Å². The maximum absolute atomic E-state index is 12.5. The van der Waals surface area contributed by atoms with Gasteiger partial charge in [0.05, 0.1) is 17.2 Å². The second kappa shape index (κ2) is 8.05. The van der Waals surface area contributed by atoms with Gasteiger partial charge in [-0.2, -0.15) is 5.26 Å². The fourth-order valence-electron chi connectivity index (χ4n) is 3.37. The Bertz CT molecular complexity index is 1290. The van der Waals surface area contributed by atoms with Gasteiger partial charge in [0.15, 0.2) is 11.5 Å². The summed E-state index contributed by atoms with van der Waals surface area (Å²) in [5, 5.41) is 33.5. The minimum atomic E-state index is -0.526. The number of amides is 2. The summed E-state index contributed by atoms with van der Waals surface area (Å²) in [6.07, 6.45) is 1.51. The van der Waals surface area contributed by atoms with Crippen LogP contribution in [0, 0.1) is 11.3 Å². The summed E-state index contributed by atoms with van der Waals surface area (Å²) in [6, 6.07) is 18.8. The molecule has 0 saturated heterocycles. The molecular weight excluding hydrogens is 394 g/mol. The average Bonchev–Trinajstić information content (AvgIpc) is 2.78. The van der Waals surface area contributed by atoms with Crippen LogP contribution in [-0.4, -0.2) is 22.0 Å². The minimum absolute atomic E-state index is 0.214. The number of benzene rings is 3. The van der Waals surface area contributed by atoms with Gasteiger partial charge in [0.25, 0.3) is 11.8 Å². The number of hydrogen-bond acceptors (Lipinski definition) is 6. The molecule has 0 atom stereocenters. The Morgan fingerprint density at radius 3 is 2.48 bits per heavy atom. The lowest BCUT2D eigenvalue weighted by Gasteiger charge is -2.19. The van der Waals surface area contributed by atoms with E-state index in [1.54, 1.807) is 42.5 Å². The van der Waals surface area contributed by atoms with E-state index in [-0.39, 0.29) is 23.6 Å². The van der Waals surface area contributed by atoms with E-state index >= 15 is 0 Å². The van der Waals surface area contributed by atoms with Crippen molar-refractivity contribution < 1.29 is 19.8 Å². The summed E-state index contributed by atoms with van der Waals surface area (Å²) in [5.41, 5.74) is 3.92. The van der Waals surface area contributed by atoms with Crippen molar-refractivity contribution in [3.63, 3.8) is 0 Å². The van der Waals surface area contributed by atoms with Gasteiger partial charge >= 0.3 is 0 Å². The molecule has 0 aromatic heterocycles. The summed E-state index contributed by atoms with van der Waals surface area (Å²) >= 11 is 0. The van der Waals surface area contributed by atoms with Crippen LogP contribution in [-0.2, 0) is 11.3 Å². The maximum atomic E-state index is 12.5. The number of rotatable bonds is 4. The van der Waals surface area contributed by atoms with Crippen LogP contribution in [0.15, 0.2) is 66.9 Å². The predicted molar refractivity (Wildman–Crippen MR) is 114 cm³/mol. The molecule has 1 aliphatic heterocycles. The smallest absolute Gasteiger partial charge is 0.260 e. The van der Waals surface area contributed by atoms with Crippen molar-refractivity contribution in [2.24, 2.45) is 0 Å². The first-order valence-corrected chi connectivity index (χ1v) is 9.41. The van der Waals surface area contributed by atoms with Gasteiger partial charge in [0.1, 0.15) is 0 Å². The van der Waals surface area contributed by atoms with Gasteiger partial charge in [-0.1, -0.05) is 24.3 Å². The highest BCUT2D eigenvalue weighted by atomic mass is 16.3. The molecule has 2 amide bonds. The Hall–Kier alpha value is -4.57. The van der Waals surface area contributed by atoms with E-state index in [0.29, 0.717) is 22.3 Å². The van der Waals surface area contributed by atoms with E-state index in [1.165, 1.54) is 18.3 Å². The zero-order chi connectivity index (χ0) is 22.0. The van der Waals surface area contributed by atoms with Crippen LogP contribution >= 0.6 is 0 Å². The predicted octanol–water partition coefficient (Wildman–Crippen LogP) is 3.04. The third-order valence-corrected chi connectivity index (χ3v) is 4.94. The van der Waals surface area contributed by atoms with Gasteiger partial charge in [-0.3, -0.25) is 14.9 Å². The van der Waals surface area contributed by atoms with Gasteiger partial charge in [0.2, 0.25) is 0 Å². The van der Waals surface area contributed by atoms with Gasteiger partial charge in [-0.15, -0.1) is 0 Å². The van der Waals surface area contributed by atoms with Crippen LogP contribution < -0.4 is 10.6 Å². The lowest BCUT2D eigenvalue weighted by atomic mass is 9.91. The molecule has 3 aromatic carbocycles. The minimum Gasteiger partial charge on any atom is -0.504 e. The summed E-state index contributed by atoms with van der Waals surface area (Å²) < 4.78 is 0. The third kappa shape index (κ3) is 3.95. The molecule has 4 N–H and O–H groups in total. The highest BCUT2D eigenvalue weighted by Crippen LogP contribution is 2.30. The highest BCUT2D eigenvalue weighted by Gasteiger charge is 2.27. The summed E-state index contributed by atoms with van der Waals surface area (Å²) in [6.45, 7) is 0.289. The zero-order valence-corrected chi connectivity index (χ0v) is 16.2. The van der Waals surface area contributed by atoms with Crippen LogP contribution in [0.2, 0.25) is 0 Å². The number of carbonyl (C=O) groups is 2. The van der Waals surface area contributed by atoms with E-state index in [1.807, 2.05) is 6.07 Å². The van der Waals surface area contributed by atoms with Gasteiger partial charge in [0, 0.05) is 23.9 Å². The van der Waals surface area contributed by atoms with E-state index in [4.69, 9.17) is 5.26 Å². The molecule has 4 rings (SSSR count). The Labute approximate surface area is 177 Å². The van der Waals surface area contributed by atoms with Crippen LogP contribution in [0.1, 0.15) is 27.0 Å². The maximum Gasteiger partial charge on any atom is 0.260 e. The number of imide groups is 1. The fraction of sp³-hybridized carbons (Fsp3) is 0.0417. The second-order valence-electron chi connectivity index (χ2n) is 7.00. The molecule has 0 bridgehead atoms. The Balaban J connectivity index is 1.68. The number of carbonyl (C=O) groups excluding carboxylic acids is 2. The first kappa shape index (κ1) is 19.7. The molecule has 1 heterocycles. The van der Waals surface area contributed by atoms with E-state index in [0.717, 1.165) is 11.1 Å². The number of phenolic OH excluding ortho intramolecular Hbond substituents is 2. The first-order valence-electron chi connectivity index (χ1n) is 9.41. The van der Waals surface area contributed by atoms with Crippen molar-refractivity contribution in [2.45, 2.75) is 6.54 Å². The van der Waals surface area contributed by atoms with E-state index < -0.39 is 11.8 Å². The third-order valence-electron chi connectivity index (χ3n) is 4.94. The van der Waals surface area contributed by atoms with Crippen LogP contribution in [0.5, 0.6) is 11.5 Å². The molecule has 1 aliphatic rings. The number of fused-ring (bicyclic) bond motifs is 1. The number of nitrogens with one attached hydrogen (secondary N) is 2. The number of nitrogens with zero attached hydrogens (tertiary/aromatic N) is 1. The molecule has 3 aromatic rings. The molecule has 152 valence electrons. The van der Waals surface area contributed by atoms with Gasteiger partial charge in [-0.25, -0.2) is 0 Å². The van der Waals surface area contributed by atoms with E-state index in [2.05, 4.69) is 16.7 Å². The molecule has 0 aliphatic carbocycles. The molecule has 31 heavy (non-hydrogen) atoms. The van der Waals surface area contributed by atoms with Gasteiger partial charge < -0.3 is 15.5 Å². The lowest BCUT2D eigenvalue weighted by molar-refractivity contribution is -0.114. The van der Waals surface area contributed by atoms with Crippen molar-refractivity contribution in [2.75, 3.05) is 0 Å².